The van der Waals surface area contributed by atoms with Crippen molar-refractivity contribution < 1.29 is 9.21 Å². The number of nitrogens with one attached hydrogen (secondary N) is 1. The minimum absolute atomic E-state index is 0.101. The van der Waals surface area contributed by atoms with E-state index in [9.17, 15) is 4.79 Å². The molecule has 1 aromatic heterocycles. The molecule has 2 saturated heterocycles. The van der Waals surface area contributed by atoms with Crippen LogP contribution in [0, 0.1) is 12.8 Å². The van der Waals surface area contributed by atoms with Crippen molar-refractivity contribution in [1.82, 2.24) is 25.3 Å². The van der Waals surface area contributed by atoms with Gasteiger partial charge in [0.05, 0.1) is 5.41 Å². The van der Waals surface area contributed by atoms with E-state index >= 15 is 0 Å². The number of likely N-dealkylation sites (tertiary alicyclic amines) is 2. The van der Waals surface area contributed by atoms with Gasteiger partial charge in [0.15, 0.2) is 0 Å². The number of amides is 2. The van der Waals surface area contributed by atoms with E-state index in [4.69, 9.17) is 4.42 Å². The van der Waals surface area contributed by atoms with Crippen LogP contribution in [0.2, 0.25) is 0 Å². The first-order valence-electron chi connectivity index (χ1n) is 11.7. The van der Waals surface area contributed by atoms with Crippen molar-refractivity contribution in [2.45, 2.75) is 63.5 Å². The molecule has 7 nitrogen and oxygen atoms in total. The van der Waals surface area contributed by atoms with Gasteiger partial charge in [-0.05, 0) is 24.8 Å². The standard InChI is InChI=1S/C24H33N5O2/c1-18-26-27-22(31-18)24-12-13-29(23(30)25-21-10-6-3-7-11-21)16-20(24)15-28(17-24)14-19-8-4-2-5-9-19/h2,4-5,8-9,20-21H,3,6-7,10-17H2,1H3,(H,25,30)/t20-,24+/m1/s1. The third-order valence-electron chi connectivity index (χ3n) is 7.46. The molecule has 3 fully saturated rings. The molecule has 0 unspecified atom stereocenters. The topological polar surface area (TPSA) is 74.5 Å². The average Bonchev–Trinajstić information content (AvgIpc) is 3.38. The van der Waals surface area contributed by atoms with Crippen LogP contribution in [0.4, 0.5) is 4.79 Å². The number of fused-ring (bicyclic) bond motifs is 1. The van der Waals surface area contributed by atoms with Gasteiger partial charge in [-0.1, -0.05) is 49.6 Å². The molecule has 31 heavy (non-hydrogen) atoms. The molecule has 3 heterocycles. The van der Waals surface area contributed by atoms with E-state index in [1.165, 1.54) is 24.8 Å². The van der Waals surface area contributed by atoms with Gasteiger partial charge >= 0.3 is 6.03 Å². The SMILES string of the molecule is Cc1nnc([C@]23CCN(C(=O)NC4CCCCC4)C[C@H]2CN(Cc2ccccc2)C3)o1. The van der Waals surface area contributed by atoms with Crippen molar-refractivity contribution in [3.63, 3.8) is 0 Å². The predicted molar refractivity (Wildman–Crippen MR) is 118 cm³/mol. The van der Waals surface area contributed by atoms with Gasteiger partial charge in [-0.2, -0.15) is 0 Å². The summed E-state index contributed by atoms with van der Waals surface area (Å²) in [5.41, 5.74) is 1.14. The third kappa shape index (κ3) is 4.20. The molecule has 2 atom stereocenters. The van der Waals surface area contributed by atoms with Crippen molar-refractivity contribution in [3.05, 3.63) is 47.7 Å². The van der Waals surface area contributed by atoms with Crippen LogP contribution >= 0.6 is 0 Å². The van der Waals surface area contributed by atoms with Gasteiger partial charge in [0.25, 0.3) is 0 Å². The summed E-state index contributed by atoms with van der Waals surface area (Å²) in [6.07, 6.45) is 6.83. The number of hydrogen-bond donors (Lipinski definition) is 1. The van der Waals surface area contributed by atoms with Crippen LogP contribution in [0.25, 0.3) is 0 Å². The Morgan fingerprint density at radius 2 is 1.97 bits per heavy atom. The Hall–Kier alpha value is -2.41. The van der Waals surface area contributed by atoms with Crippen molar-refractivity contribution in [3.8, 4) is 0 Å². The van der Waals surface area contributed by atoms with Gasteiger partial charge in [0, 0.05) is 51.6 Å². The maximum absolute atomic E-state index is 13.0. The fourth-order valence-corrected chi connectivity index (χ4v) is 5.79. The number of hydrogen-bond acceptors (Lipinski definition) is 5. The van der Waals surface area contributed by atoms with Gasteiger partial charge in [-0.3, -0.25) is 4.90 Å². The van der Waals surface area contributed by atoms with Crippen molar-refractivity contribution in [2.75, 3.05) is 26.2 Å². The molecule has 5 rings (SSSR count). The van der Waals surface area contributed by atoms with E-state index in [1.54, 1.807) is 0 Å². The number of urea groups is 1. The van der Waals surface area contributed by atoms with Crippen LogP contribution in [0.1, 0.15) is 55.9 Å². The van der Waals surface area contributed by atoms with Crippen LogP contribution in [0.3, 0.4) is 0 Å². The highest BCUT2D eigenvalue weighted by Crippen LogP contribution is 2.45. The molecule has 0 bridgehead atoms. The lowest BCUT2D eigenvalue weighted by atomic mass is 9.72. The predicted octanol–water partition coefficient (Wildman–Crippen LogP) is 3.50. The highest BCUT2D eigenvalue weighted by molar-refractivity contribution is 5.74. The smallest absolute Gasteiger partial charge is 0.317 e. The normalized spacial score (nSPS) is 27.3. The summed E-state index contributed by atoms with van der Waals surface area (Å²) < 4.78 is 5.98. The zero-order valence-corrected chi connectivity index (χ0v) is 18.4. The first kappa shape index (κ1) is 20.5. The molecule has 3 aliphatic rings. The molecule has 166 valence electrons. The van der Waals surface area contributed by atoms with Crippen molar-refractivity contribution in [2.24, 2.45) is 5.92 Å². The summed E-state index contributed by atoms with van der Waals surface area (Å²) in [5.74, 6) is 1.65. The molecule has 2 aliphatic heterocycles. The molecular weight excluding hydrogens is 390 g/mol. The largest absolute Gasteiger partial charge is 0.425 e. The summed E-state index contributed by atoms with van der Waals surface area (Å²) >= 11 is 0. The van der Waals surface area contributed by atoms with E-state index in [1.807, 2.05) is 11.8 Å². The second kappa shape index (κ2) is 8.61. The molecule has 1 saturated carbocycles. The monoisotopic (exact) mass is 423 g/mol. The van der Waals surface area contributed by atoms with Gasteiger partial charge in [-0.15, -0.1) is 10.2 Å². The molecule has 2 aromatic rings. The molecule has 0 spiro atoms. The number of aryl methyl sites for hydroxylation is 1. The second-order valence-corrected chi connectivity index (χ2v) is 9.61. The fourth-order valence-electron chi connectivity index (χ4n) is 5.79. The first-order valence-corrected chi connectivity index (χ1v) is 11.7. The molecule has 7 heteroatoms. The van der Waals surface area contributed by atoms with E-state index < -0.39 is 0 Å². The Morgan fingerprint density at radius 1 is 1.16 bits per heavy atom. The molecule has 1 aliphatic carbocycles. The summed E-state index contributed by atoms with van der Waals surface area (Å²) in [5, 5.41) is 11.9. The Kier molecular flexibility index (Phi) is 5.69. The van der Waals surface area contributed by atoms with Crippen molar-refractivity contribution in [1.29, 1.82) is 0 Å². The molecule has 1 N–H and O–H groups in total. The highest BCUT2D eigenvalue weighted by Gasteiger charge is 2.54. The zero-order valence-electron chi connectivity index (χ0n) is 18.4. The number of nitrogens with zero attached hydrogens (tertiary/aromatic N) is 4. The van der Waals surface area contributed by atoms with E-state index in [-0.39, 0.29) is 11.4 Å². The minimum Gasteiger partial charge on any atom is -0.425 e. The Morgan fingerprint density at radius 3 is 2.71 bits per heavy atom. The lowest BCUT2D eigenvalue weighted by molar-refractivity contribution is 0.114. The number of piperidine rings is 1. The van der Waals surface area contributed by atoms with Gasteiger partial charge in [0.2, 0.25) is 11.8 Å². The van der Waals surface area contributed by atoms with E-state index in [0.29, 0.717) is 17.9 Å². The number of rotatable bonds is 4. The molecule has 2 amide bonds. The Labute approximate surface area is 184 Å². The molecule has 1 aromatic carbocycles. The highest BCUT2D eigenvalue weighted by atomic mass is 16.4. The average molecular weight is 424 g/mol. The summed E-state index contributed by atoms with van der Waals surface area (Å²) in [6.45, 7) is 6.06. The van der Waals surface area contributed by atoms with Gasteiger partial charge < -0.3 is 14.6 Å². The lowest BCUT2D eigenvalue weighted by Crippen LogP contribution is -2.55. The summed E-state index contributed by atoms with van der Waals surface area (Å²) in [4.78, 5) is 17.5. The summed E-state index contributed by atoms with van der Waals surface area (Å²) in [6, 6.07) is 11.0. The summed E-state index contributed by atoms with van der Waals surface area (Å²) in [7, 11) is 0. The maximum atomic E-state index is 13.0. The first-order chi connectivity index (χ1) is 15.1. The van der Waals surface area contributed by atoms with E-state index in [0.717, 1.165) is 57.9 Å². The lowest BCUT2D eigenvalue weighted by Gasteiger charge is -2.41. The zero-order chi connectivity index (χ0) is 21.3. The van der Waals surface area contributed by atoms with Crippen LogP contribution in [0.15, 0.2) is 34.7 Å². The Bertz CT molecular complexity index is 894. The fraction of sp³-hybridized carbons (Fsp3) is 0.625. The van der Waals surface area contributed by atoms with Crippen LogP contribution < -0.4 is 5.32 Å². The molecule has 0 radical (unpaired) electrons. The minimum atomic E-state index is -0.169. The number of carbonyl (C=O) groups is 1. The number of carbonyl (C=O) groups excluding carboxylic acids is 1. The van der Waals surface area contributed by atoms with Crippen LogP contribution in [-0.4, -0.2) is 58.2 Å². The Balaban J connectivity index is 1.32. The third-order valence-corrected chi connectivity index (χ3v) is 7.46. The van der Waals surface area contributed by atoms with Gasteiger partial charge in [-0.25, -0.2) is 4.79 Å². The van der Waals surface area contributed by atoms with Crippen LogP contribution in [0.5, 0.6) is 0 Å². The van der Waals surface area contributed by atoms with Crippen molar-refractivity contribution >= 4 is 6.03 Å². The number of aromatic nitrogens is 2. The quantitative estimate of drug-likeness (QED) is 0.815. The maximum Gasteiger partial charge on any atom is 0.317 e. The van der Waals surface area contributed by atoms with Gasteiger partial charge in [0.1, 0.15) is 0 Å². The van der Waals surface area contributed by atoms with Crippen LogP contribution in [-0.2, 0) is 12.0 Å². The number of benzene rings is 1. The second-order valence-electron chi connectivity index (χ2n) is 9.61. The molecular formula is C24H33N5O2. The van der Waals surface area contributed by atoms with E-state index in [2.05, 4.69) is 50.7 Å².